The molecular weight excluding hydrogens is 172 g/mol. The minimum atomic E-state index is -0.861. The fourth-order valence-corrected chi connectivity index (χ4v) is 2.56. The van der Waals surface area contributed by atoms with Crippen LogP contribution >= 0.6 is 11.8 Å². The molecule has 0 saturated heterocycles. The monoisotopic (exact) mass is 186 g/mol. The summed E-state index contributed by atoms with van der Waals surface area (Å²) in [5.41, 5.74) is 0.326. The molecule has 0 aliphatic heterocycles. The smallest absolute Gasteiger partial charge is 0.331 e. The summed E-state index contributed by atoms with van der Waals surface area (Å²) in [5, 5.41) is 9.22. The summed E-state index contributed by atoms with van der Waals surface area (Å²) in [6.07, 6.45) is 5.10. The zero-order valence-electron chi connectivity index (χ0n) is 7.08. The third-order valence-electron chi connectivity index (χ3n) is 2.10. The summed E-state index contributed by atoms with van der Waals surface area (Å²) >= 11 is 1.74. The van der Waals surface area contributed by atoms with E-state index in [2.05, 4.69) is 6.58 Å². The number of hydrogen-bond donors (Lipinski definition) is 1. The third-order valence-corrected chi connectivity index (χ3v) is 3.56. The van der Waals surface area contributed by atoms with Crippen LogP contribution in [0, 0.1) is 0 Å². The Bertz CT molecular complexity index is 183. The molecule has 0 heterocycles. The van der Waals surface area contributed by atoms with Crippen LogP contribution in [0.25, 0.3) is 0 Å². The first-order valence-electron chi connectivity index (χ1n) is 4.23. The quantitative estimate of drug-likeness (QED) is 0.684. The van der Waals surface area contributed by atoms with Gasteiger partial charge >= 0.3 is 5.97 Å². The fourth-order valence-electron chi connectivity index (χ4n) is 1.34. The van der Waals surface area contributed by atoms with Gasteiger partial charge in [0.05, 0.1) is 0 Å². The predicted molar refractivity (Wildman–Crippen MR) is 51.5 cm³/mol. The van der Waals surface area contributed by atoms with Crippen LogP contribution in [-0.2, 0) is 4.79 Å². The topological polar surface area (TPSA) is 37.3 Å². The highest BCUT2D eigenvalue weighted by Crippen LogP contribution is 2.30. The van der Waals surface area contributed by atoms with Crippen molar-refractivity contribution in [2.75, 3.05) is 5.75 Å². The van der Waals surface area contributed by atoms with Gasteiger partial charge in [-0.1, -0.05) is 19.4 Å². The van der Waals surface area contributed by atoms with Crippen LogP contribution in [0.4, 0.5) is 0 Å². The Labute approximate surface area is 77.0 Å². The minimum absolute atomic E-state index is 0.326. The van der Waals surface area contributed by atoms with Crippen molar-refractivity contribution in [3.63, 3.8) is 0 Å². The van der Waals surface area contributed by atoms with Crippen LogP contribution in [0.15, 0.2) is 12.2 Å². The Balaban J connectivity index is 2.16. The van der Waals surface area contributed by atoms with Crippen molar-refractivity contribution in [2.24, 2.45) is 0 Å². The molecule has 0 amide bonds. The van der Waals surface area contributed by atoms with E-state index in [1.54, 1.807) is 11.8 Å². The molecule has 0 atom stereocenters. The minimum Gasteiger partial charge on any atom is -0.478 e. The first-order valence-corrected chi connectivity index (χ1v) is 5.27. The number of aliphatic carboxylic acids is 1. The number of thioether (sulfide) groups is 1. The first-order chi connectivity index (χ1) is 5.70. The Morgan fingerprint density at radius 1 is 1.50 bits per heavy atom. The molecule has 0 aromatic carbocycles. The van der Waals surface area contributed by atoms with Crippen LogP contribution < -0.4 is 0 Å². The lowest BCUT2D eigenvalue weighted by atomic mass is 10.4. The lowest BCUT2D eigenvalue weighted by Crippen LogP contribution is -2.04. The second-order valence-electron chi connectivity index (χ2n) is 3.13. The maximum atomic E-state index is 10.4. The molecule has 68 valence electrons. The highest BCUT2D eigenvalue weighted by atomic mass is 32.2. The second-order valence-corrected chi connectivity index (χ2v) is 4.41. The van der Waals surface area contributed by atoms with Gasteiger partial charge in [0.2, 0.25) is 0 Å². The van der Waals surface area contributed by atoms with Crippen molar-refractivity contribution in [1.29, 1.82) is 0 Å². The molecule has 1 fully saturated rings. The molecule has 2 nitrogen and oxygen atoms in total. The Morgan fingerprint density at radius 3 is 2.58 bits per heavy atom. The van der Waals surface area contributed by atoms with Crippen molar-refractivity contribution in [1.82, 2.24) is 0 Å². The molecule has 0 radical (unpaired) electrons. The molecule has 0 unspecified atom stereocenters. The van der Waals surface area contributed by atoms with Crippen LogP contribution in [0.2, 0.25) is 0 Å². The third kappa shape index (κ3) is 2.89. The van der Waals surface area contributed by atoms with Gasteiger partial charge in [0.15, 0.2) is 0 Å². The molecule has 0 spiro atoms. The van der Waals surface area contributed by atoms with Crippen molar-refractivity contribution in [3.05, 3.63) is 12.2 Å². The summed E-state index contributed by atoms with van der Waals surface area (Å²) in [4.78, 5) is 10.4. The standard InChI is InChI=1S/C9H14O2S/c1-7(9(10)11)6-12-8-4-2-3-5-8/h8H,1-6H2,(H,10,11). The van der Waals surface area contributed by atoms with E-state index in [-0.39, 0.29) is 0 Å². The number of rotatable bonds is 4. The summed E-state index contributed by atoms with van der Waals surface area (Å²) in [5.74, 6) is -0.277. The normalized spacial score (nSPS) is 18.0. The van der Waals surface area contributed by atoms with Gasteiger partial charge in [0, 0.05) is 16.6 Å². The molecule has 0 aromatic heterocycles. The zero-order valence-corrected chi connectivity index (χ0v) is 7.90. The molecule has 0 aromatic rings. The summed E-state index contributed by atoms with van der Waals surface area (Å²) in [7, 11) is 0. The molecule has 1 aliphatic carbocycles. The zero-order chi connectivity index (χ0) is 8.97. The molecule has 1 aliphatic rings. The van der Waals surface area contributed by atoms with Crippen LogP contribution in [0.1, 0.15) is 25.7 Å². The van der Waals surface area contributed by atoms with Crippen molar-refractivity contribution >= 4 is 17.7 Å². The number of carbonyl (C=O) groups is 1. The average Bonchev–Trinajstić information content (AvgIpc) is 2.51. The molecule has 0 bridgehead atoms. The molecule has 1 N–H and O–H groups in total. The summed E-state index contributed by atoms with van der Waals surface area (Å²) in [6, 6.07) is 0. The van der Waals surface area contributed by atoms with Gasteiger partial charge in [-0.25, -0.2) is 4.79 Å². The first kappa shape index (κ1) is 9.65. The van der Waals surface area contributed by atoms with E-state index >= 15 is 0 Å². The van der Waals surface area contributed by atoms with Gasteiger partial charge < -0.3 is 5.11 Å². The Hall–Kier alpha value is -0.440. The molecular formula is C9H14O2S. The Morgan fingerprint density at radius 2 is 2.08 bits per heavy atom. The van der Waals surface area contributed by atoms with Crippen LogP contribution in [-0.4, -0.2) is 22.1 Å². The fraction of sp³-hybridized carbons (Fsp3) is 0.667. The van der Waals surface area contributed by atoms with Gasteiger partial charge in [0.1, 0.15) is 0 Å². The van der Waals surface area contributed by atoms with Crippen LogP contribution in [0.3, 0.4) is 0 Å². The molecule has 1 rings (SSSR count). The van der Waals surface area contributed by atoms with E-state index in [9.17, 15) is 4.79 Å². The van der Waals surface area contributed by atoms with E-state index in [0.29, 0.717) is 16.6 Å². The van der Waals surface area contributed by atoms with E-state index in [4.69, 9.17) is 5.11 Å². The van der Waals surface area contributed by atoms with E-state index in [1.807, 2.05) is 0 Å². The Kier molecular flexibility index (Phi) is 3.66. The van der Waals surface area contributed by atoms with Crippen LogP contribution in [0.5, 0.6) is 0 Å². The van der Waals surface area contributed by atoms with Gasteiger partial charge in [-0.15, -0.1) is 0 Å². The van der Waals surface area contributed by atoms with Gasteiger partial charge in [-0.3, -0.25) is 0 Å². The molecule has 12 heavy (non-hydrogen) atoms. The van der Waals surface area contributed by atoms with Crippen molar-refractivity contribution in [2.45, 2.75) is 30.9 Å². The van der Waals surface area contributed by atoms with Crippen molar-refractivity contribution < 1.29 is 9.90 Å². The van der Waals surface area contributed by atoms with E-state index in [1.165, 1.54) is 25.7 Å². The number of hydrogen-bond acceptors (Lipinski definition) is 2. The maximum absolute atomic E-state index is 10.4. The maximum Gasteiger partial charge on any atom is 0.331 e. The van der Waals surface area contributed by atoms with E-state index in [0.717, 1.165) is 0 Å². The van der Waals surface area contributed by atoms with E-state index < -0.39 is 5.97 Å². The average molecular weight is 186 g/mol. The molecule has 3 heteroatoms. The lowest BCUT2D eigenvalue weighted by molar-refractivity contribution is -0.132. The highest BCUT2D eigenvalue weighted by molar-refractivity contribution is 8.00. The lowest BCUT2D eigenvalue weighted by Gasteiger charge is -2.07. The largest absolute Gasteiger partial charge is 0.478 e. The van der Waals surface area contributed by atoms with Gasteiger partial charge in [0.25, 0.3) is 0 Å². The molecule has 1 saturated carbocycles. The number of carboxylic acids is 1. The highest BCUT2D eigenvalue weighted by Gasteiger charge is 2.16. The summed E-state index contributed by atoms with van der Waals surface area (Å²) in [6.45, 7) is 3.49. The van der Waals surface area contributed by atoms with Gasteiger partial charge in [-0.2, -0.15) is 11.8 Å². The van der Waals surface area contributed by atoms with Gasteiger partial charge in [-0.05, 0) is 12.8 Å². The number of carboxylic acid groups (broad SMARTS) is 1. The summed E-state index contributed by atoms with van der Waals surface area (Å²) < 4.78 is 0. The SMILES string of the molecule is C=C(CSC1CCCC1)C(=O)O. The second kappa shape index (κ2) is 4.55. The van der Waals surface area contributed by atoms with Crippen molar-refractivity contribution in [3.8, 4) is 0 Å². The predicted octanol–water partition coefficient (Wildman–Crippen LogP) is 2.30.